The molecule has 36 heavy (non-hydrogen) atoms. The summed E-state index contributed by atoms with van der Waals surface area (Å²) in [5.74, 6) is -0.755. The van der Waals surface area contributed by atoms with Gasteiger partial charge in [-0.05, 0) is 59.2 Å². The van der Waals surface area contributed by atoms with Crippen LogP contribution in [0.5, 0.6) is 0 Å². The van der Waals surface area contributed by atoms with Crippen molar-refractivity contribution >= 4 is 22.6 Å². The van der Waals surface area contributed by atoms with Gasteiger partial charge in [0.1, 0.15) is 0 Å². The van der Waals surface area contributed by atoms with Gasteiger partial charge < -0.3 is 10.4 Å². The lowest BCUT2D eigenvalue weighted by Gasteiger charge is -2.26. The summed E-state index contributed by atoms with van der Waals surface area (Å²) in [7, 11) is 0. The van der Waals surface area contributed by atoms with Gasteiger partial charge in [-0.2, -0.15) is 0 Å². The third kappa shape index (κ3) is 6.82. The van der Waals surface area contributed by atoms with Gasteiger partial charge in [0.05, 0.1) is 0 Å². The average Bonchev–Trinajstić information content (AvgIpc) is 2.90. The Morgan fingerprint density at radius 2 is 1.39 bits per heavy atom. The highest BCUT2D eigenvalue weighted by Gasteiger charge is 2.22. The van der Waals surface area contributed by atoms with Crippen molar-refractivity contribution in [3.05, 3.63) is 108 Å². The second-order valence-corrected chi connectivity index (χ2v) is 9.44. The fourth-order valence-corrected chi connectivity index (χ4v) is 4.74. The number of carboxylic acid groups (broad SMARTS) is 1. The fraction of sp³-hybridized carbons (Fsp3) is 0.250. The molecule has 2 unspecified atom stereocenters. The van der Waals surface area contributed by atoms with E-state index in [2.05, 4.69) is 85.0 Å². The first-order valence-electron chi connectivity index (χ1n) is 12.6. The quantitative estimate of drug-likeness (QED) is 0.228. The van der Waals surface area contributed by atoms with Crippen molar-refractivity contribution in [2.75, 3.05) is 0 Å². The number of carbonyl (C=O) groups excluding carboxylic acids is 1. The van der Waals surface area contributed by atoms with Crippen LogP contribution in [0.15, 0.2) is 97.1 Å². The second-order valence-electron chi connectivity index (χ2n) is 9.44. The van der Waals surface area contributed by atoms with E-state index in [0.717, 1.165) is 6.42 Å². The number of rotatable bonds is 11. The lowest BCUT2D eigenvalue weighted by Crippen LogP contribution is -2.37. The van der Waals surface area contributed by atoms with Crippen LogP contribution in [0.2, 0.25) is 0 Å². The van der Waals surface area contributed by atoms with Crippen LogP contribution in [-0.2, 0) is 16.0 Å². The van der Waals surface area contributed by atoms with E-state index in [0.29, 0.717) is 19.3 Å². The topological polar surface area (TPSA) is 66.4 Å². The smallest absolute Gasteiger partial charge is 0.303 e. The molecule has 0 aliphatic carbocycles. The molecule has 4 rings (SSSR count). The van der Waals surface area contributed by atoms with E-state index in [-0.39, 0.29) is 24.3 Å². The maximum atomic E-state index is 12.6. The van der Waals surface area contributed by atoms with Crippen LogP contribution in [0, 0.1) is 0 Å². The van der Waals surface area contributed by atoms with Gasteiger partial charge >= 0.3 is 5.97 Å². The van der Waals surface area contributed by atoms with Crippen molar-refractivity contribution in [3.63, 3.8) is 0 Å². The zero-order chi connectivity index (χ0) is 25.3. The van der Waals surface area contributed by atoms with Gasteiger partial charge in [0, 0.05) is 24.8 Å². The summed E-state index contributed by atoms with van der Waals surface area (Å²) >= 11 is 0. The molecular formula is C32H33NO3. The van der Waals surface area contributed by atoms with E-state index >= 15 is 0 Å². The molecule has 4 aromatic rings. The summed E-state index contributed by atoms with van der Waals surface area (Å²) in [6.07, 6.45) is 2.33. The predicted octanol–water partition coefficient (Wildman–Crippen LogP) is 6.98. The first kappa shape index (κ1) is 25.2. The Bertz CT molecular complexity index is 1300. The highest BCUT2D eigenvalue weighted by Crippen LogP contribution is 2.29. The number of aliphatic carboxylic acids is 1. The monoisotopic (exact) mass is 479 g/mol. The van der Waals surface area contributed by atoms with Gasteiger partial charge in [-0.1, -0.05) is 97.1 Å². The standard InChI is InChI=1S/C32H33NO3/c1-23(33-31(34)13-7-8-14-32(35)36)30(22-24-15-16-26-11-5-6-12-29(26)21-24)28-19-17-27(18-20-28)25-9-3-2-4-10-25/h2-6,9-12,15-21,23,30H,7-8,13-14,22H2,1H3,(H,33,34)(H,35,36). The van der Waals surface area contributed by atoms with Crippen LogP contribution < -0.4 is 5.32 Å². The van der Waals surface area contributed by atoms with E-state index in [1.165, 1.54) is 33.0 Å². The number of fused-ring (bicyclic) bond motifs is 1. The Labute approximate surface area is 213 Å². The summed E-state index contributed by atoms with van der Waals surface area (Å²) in [5.41, 5.74) is 4.76. The van der Waals surface area contributed by atoms with Crippen molar-refractivity contribution in [3.8, 4) is 11.1 Å². The van der Waals surface area contributed by atoms with Crippen LogP contribution in [0.4, 0.5) is 0 Å². The van der Waals surface area contributed by atoms with E-state index in [1.807, 2.05) is 24.3 Å². The summed E-state index contributed by atoms with van der Waals surface area (Å²) in [6.45, 7) is 2.06. The minimum Gasteiger partial charge on any atom is -0.481 e. The maximum Gasteiger partial charge on any atom is 0.303 e. The Kier molecular flexibility index (Phi) is 8.51. The van der Waals surface area contributed by atoms with Crippen LogP contribution in [-0.4, -0.2) is 23.0 Å². The molecule has 184 valence electrons. The molecule has 2 atom stereocenters. The van der Waals surface area contributed by atoms with Gasteiger partial charge in [0.15, 0.2) is 0 Å². The fourth-order valence-electron chi connectivity index (χ4n) is 4.74. The third-order valence-corrected chi connectivity index (χ3v) is 6.75. The molecule has 2 N–H and O–H groups in total. The molecule has 0 heterocycles. The zero-order valence-corrected chi connectivity index (χ0v) is 20.7. The number of benzene rings is 4. The van der Waals surface area contributed by atoms with Gasteiger partial charge in [-0.3, -0.25) is 9.59 Å². The molecule has 4 aromatic carbocycles. The molecule has 0 saturated carbocycles. The first-order chi connectivity index (χ1) is 17.5. The SMILES string of the molecule is CC(NC(=O)CCCCC(=O)O)C(Cc1ccc2ccccc2c1)c1ccc(-c2ccccc2)cc1. The van der Waals surface area contributed by atoms with Crippen LogP contribution in [0.25, 0.3) is 21.9 Å². The third-order valence-electron chi connectivity index (χ3n) is 6.75. The van der Waals surface area contributed by atoms with Crippen LogP contribution >= 0.6 is 0 Å². The average molecular weight is 480 g/mol. The summed E-state index contributed by atoms with van der Waals surface area (Å²) in [4.78, 5) is 23.4. The molecule has 0 radical (unpaired) electrons. The second kappa shape index (κ2) is 12.2. The Balaban J connectivity index is 1.53. The van der Waals surface area contributed by atoms with E-state index in [9.17, 15) is 9.59 Å². The van der Waals surface area contributed by atoms with Crippen molar-refractivity contribution in [2.45, 2.75) is 51.0 Å². The van der Waals surface area contributed by atoms with Crippen molar-refractivity contribution in [1.82, 2.24) is 5.32 Å². The van der Waals surface area contributed by atoms with Gasteiger partial charge in [0.25, 0.3) is 0 Å². The molecule has 0 aliphatic rings. The van der Waals surface area contributed by atoms with E-state index < -0.39 is 5.97 Å². The largest absolute Gasteiger partial charge is 0.481 e. The normalized spacial score (nSPS) is 12.7. The molecule has 0 saturated heterocycles. The highest BCUT2D eigenvalue weighted by atomic mass is 16.4. The lowest BCUT2D eigenvalue weighted by molar-refractivity contribution is -0.137. The van der Waals surface area contributed by atoms with Crippen LogP contribution in [0.3, 0.4) is 0 Å². The highest BCUT2D eigenvalue weighted by molar-refractivity contribution is 5.83. The molecular weight excluding hydrogens is 446 g/mol. The van der Waals surface area contributed by atoms with Gasteiger partial charge in [0.2, 0.25) is 5.91 Å². The minimum absolute atomic E-state index is 0.0303. The zero-order valence-electron chi connectivity index (χ0n) is 20.7. The van der Waals surface area contributed by atoms with Gasteiger partial charge in [-0.25, -0.2) is 0 Å². The molecule has 1 amide bonds. The number of amides is 1. The number of hydrogen-bond donors (Lipinski definition) is 2. The number of unbranched alkanes of at least 4 members (excludes halogenated alkanes) is 1. The lowest BCUT2D eigenvalue weighted by atomic mass is 9.85. The predicted molar refractivity (Wildman–Crippen MR) is 146 cm³/mol. The molecule has 0 aromatic heterocycles. The van der Waals surface area contributed by atoms with Crippen LogP contribution in [0.1, 0.15) is 49.7 Å². The summed E-state index contributed by atoms with van der Waals surface area (Å²) < 4.78 is 0. The minimum atomic E-state index is -0.821. The molecule has 4 heteroatoms. The molecule has 4 nitrogen and oxygen atoms in total. The molecule has 0 bridgehead atoms. The molecule has 0 spiro atoms. The first-order valence-corrected chi connectivity index (χ1v) is 12.6. The Hall–Kier alpha value is -3.92. The number of nitrogens with one attached hydrogen (secondary N) is 1. The number of carbonyl (C=O) groups is 2. The Morgan fingerprint density at radius 1 is 0.750 bits per heavy atom. The number of hydrogen-bond acceptors (Lipinski definition) is 2. The van der Waals surface area contributed by atoms with E-state index in [4.69, 9.17) is 5.11 Å². The number of carboxylic acids is 1. The maximum absolute atomic E-state index is 12.6. The van der Waals surface area contributed by atoms with Crippen molar-refractivity contribution in [1.29, 1.82) is 0 Å². The van der Waals surface area contributed by atoms with Gasteiger partial charge in [-0.15, -0.1) is 0 Å². The van der Waals surface area contributed by atoms with Crippen molar-refractivity contribution < 1.29 is 14.7 Å². The molecule has 0 aliphatic heterocycles. The van der Waals surface area contributed by atoms with E-state index in [1.54, 1.807) is 0 Å². The molecule has 0 fully saturated rings. The summed E-state index contributed by atoms with van der Waals surface area (Å²) in [5, 5.41) is 14.4. The van der Waals surface area contributed by atoms with Crippen molar-refractivity contribution in [2.24, 2.45) is 0 Å². The summed E-state index contributed by atoms with van der Waals surface area (Å²) in [6, 6.07) is 33.8. The Morgan fingerprint density at radius 3 is 2.11 bits per heavy atom.